The van der Waals surface area contributed by atoms with Crippen LogP contribution in [0.2, 0.25) is 0 Å². The number of quaternary nitrogens is 1. The van der Waals surface area contributed by atoms with E-state index < -0.39 is 0 Å². The van der Waals surface area contributed by atoms with E-state index in [1.54, 1.807) is 4.90 Å². The zero-order valence-corrected chi connectivity index (χ0v) is 28.3. The van der Waals surface area contributed by atoms with E-state index in [9.17, 15) is 0 Å². The lowest BCUT2D eigenvalue weighted by Crippen LogP contribution is -3.15. The fraction of sp³-hybridized carbons (Fsp3) is 1.00. The van der Waals surface area contributed by atoms with Crippen LogP contribution in [0.1, 0.15) is 220 Å². The topological polar surface area (TPSA) is 34.4 Å². The molecule has 2 nitrogen and oxygen atoms in total. The van der Waals surface area contributed by atoms with Gasteiger partial charge in [0.05, 0.1) is 19.1 Å². The highest BCUT2D eigenvalue weighted by atomic mass is 16.0. The minimum atomic E-state index is 0. The average molecular weight is 554 g/mol. The van der Waals surface area contributed by atoms with E-state index in [2.05, 4.69) is 34.7 Å². The largest absolute Gasteiger partial charge is 0.870 e. The Bertz CT molecular complexity index is 392. The van der Waals surface area contributed by atoms with Gasteiger partial charge < -0.3 is 10.4 Å². The summed E-state index contributed by atoms with van der Waals surface area (Å²) in [5.74, 6) is 0. The average Bonchev–Trinajstić information content (AvgIpc) is 2.91. The van der Waals surface area contributed by atoms with E-state index in [0.717, 1.165) is 12.1 Å². The molecule has 238 valence electrons. The van der Waals surface area contributed by atoms with Crippen LogP contribution >= 0.6 is 0 Å². The van der Waals surface area contributed by atoms with Crippen molar-refractivity contribution in [2.24, 2.45) is 0 Å². The van der Waals surface area contributed by atoms with Crippen LogP contribution in [-0.4, -0.2) is 24.6 Å². The molecule has 39 heavy (non-hydrogen) atoms. The van der Waals surface area contributed by atoms with Crippen LogP contribution in [0.4, 0.5) is 0 Å². The first-order valence-electron chi connectivity index (χ1n) is 18.5. The molecule has 0 spiro atoms. The molecule has 0 saturated carbocycles. The number of hydrogen-bond donors (Lipinski definition) is 1. The third-order valence-corrected chi connectivity index (χ3v) is 9.37. The van der Waals surface area contributed by atoms with Crippen molar-refractivity contribution in [2.45, 2.75) is 232 Å². The zero-order chi connectivity index (χ0) is 27.9. The lowest BCUT2D eigenvalue weighted by molar-refractivity contribution is -0.928. The molecule has 0 aliphatic carbocycles. The van der Waals surface area contributed by atoms with Crippen LogP contribution in [0.25, 0.3) is 0 Å². The highest BCUT2D eigenvalue weighted by molar-refractivity contribution is 4.60. The summed E-state index contributed by atoms with van der Waals surface area (Å²) in [4.78, 5) is 1.79. The molecule has 0 rings (SSSR count). The fourth-order valence-corrected chi connectivity index (χ4v) is 6.24. The summed E-state index contributed by atoms with van der Waals surface area (Å²) in [5.41, 5.74) is 0. The van der Waals surface area contributed by atoms with Crippen LogP contribution in [0.15, 0.2) is 0 Å². The van der Waals surface area contributed by atoms with Gasteiger partial charge in [0.25, 0.3) is 0 Å². The van der Waals surface area contributed by atoms with Crippen LogP contribution in [0.5, 0.6) is 0 Å². The Balaban J connectivity index is 0. The second-order valence-corrected chi connectivity index (χ2v) is 13.4. The molecule has 0 heterocycles. The van der Waals surface area contributed by atoms with Gasteiger partial charge in [0.2, 0.25) is 0 Å². The summed E-state index contributed by atoms with van der Waals surface area (Å²) >= 11 is 0. The number of nitrogens with one attached hydrogen (secondary N) is 1. The Labute approximate surface area is 249 Å². The van der Waals surface area contributed by atoms with Gasteiger partial charge >= 0.3 is 0 Å². The van der Waals surface area contributed by atoms with Crippen molar-refractivity contribution in [1.82, 2.24) is 0 Å². The quantitative estimate of drug-likeness (QED) is 0.0826. The maximum atomic E-state index is 2.46. The number of unbranched alkanes of at least 4 members (excludes halogenated alkanes) is 26. The highest BCUT2D eigenvalue weighted by Crippen LogP contribution is 2.16. The lowest BCUT2D eigenvalue weighted by atomic mass is 9.98. The van der Waals surface area contributed by atoms with Gasteiger partial charge in [-0.25, -0.2) is 0 Å². The van der Waals surface area contributed by atoms with Gasteiger partial charge in [0.1, 0.15) is 0 Å². The Morgan fingerprint density at radius 1 is 0.359 bits per heavy atom. The Morgan fingerprint density at radius 3 is 0.769 bits per heavy atom. The zero-order valence-electron chi connectivity index (χ0n) is 28.3. The molecule has 1 unspecified atom stereocenters. The van der Waals surface area contributed by atoms with Crippen molar-refractivity contribution in [1.29, 1.82) is 0 Å². The second kappa shape index (κ2) is 34.1. The molecule has 0 aliphatic heterocycles. The summed E-state index contributed by atoms with van der Waals surface area (Å²) in [7, 11) is 2.46. The third kappa shape index (κ3) is 30.7. The summed E-state index contributed by atoms with van der Waals surface area (Å²) < 4.78 is 0. The van der Waals surface area contributed by atoms with Crippen molar-refractivity contribution < 1.29 is 10.4 Å². The van der Waals surface area contributed by atoms with Crippen molar-refractivity contribution >= 4 is 0 Å². The normalized spacial score (nSPS) is 12.4. The van der Waals surface area contributed by atoms with Gasteiger partial charge in [-0.2, -0.15) is 0 Å². The summed E-state index contributed by atoms with van der Waals surface area (Å²) in [6.07, 6.45) is 44.0. The van der Waals surface area contributed by atoms with Gasteiger partial charge in [-0.05, 0) is 39.5 Å². The molecule has 0 aromatic rings. The SMILES string of the molecule is CCCCCCCCCCCCCCCCC(CCCCCCCCCCCCCCCC)[NH+](C)C(C)C.[OH-]. The Morgan fingerprint density at radius 2 is 0.564 bits per heavy atom. The van der Waals surface area contributed by atoms with Gasteiger partial charge in [0, 0.05) is 0 Å². The second-order valence-electron chi connectivity index (χ2n) is 13.4. The van der Waals surface area contributed by atoms with Crippen molar-refractivity contribution in [3.05, 3.63) is 0 Å². The third-order valence-electron chi connectivity index (χ3n) is 9.37. The van der Waals surface area contributed by atoms with E-state index in [0.29, 0.717) is 0 Å². The van der Waals surface area contributed by atoms with Crippen LogP contribution in [0, 0.1) is 0 Å². The molecule has 0 bridgehead atoms. The standard InChI is InChI=1S/C37H77N.H2O/c1-6-8-10-12-14-16-18-20-22-24-26-28-30-32-34-37(38(5)36(3)4)35-33-31-29-27-25-23-21-19-17-15-13-11-9-7-2;/h36-37H,6-35H2,1-5H3;1H2. The number of hydrogen-bond acceptors (Lipinski definition) is 1. The monoisotopic (exact) mass is 554 g/mol. The fourth-order valence-electron chi connectivity index (χ4n) is 6.24. The molecule has 0 amide bonds. The van der Waals surface area contributed by atoms with Gasteiger partial charge in [0.15, 0.2) is 0 Å². The highest BCUT2D eigenvalue weighted by Gasteiger charge is 2.20. The predicted octanol–water partition coefficient (Wildman–Crippen LogP) is 11.8. The smallest absolute Gasteiger partial charge is 0.0874 e. The summed E-state index contributed by atoms with van der Waals surface area (Å²) in [6, 6.07) is 1.66. The molecule has 0 aromatic heterocycles. The minimum absolute atomic E-state index is 0. The first-order valence-corrected chi connectivity index (χ1v) is 18.5. The number of rotatable bonds is 32. The molecule has 2 N–H and O–H groups in total. The maximum Gasteiger partial charge on any atom is 0.0874 e. The molecule has 2 heteroatoms. The first-order chi connectivity index (χ1) is 18.6. The van der Waals surface area contributed by atoms with Gasteiger partial charge in [-0.15, -0.1) is 0 Å². The van der Waals surface area contributed by atoms with E-state index in [4.69, 9.17) is 0 Å². The molecular formula is C37H79NO. The molecular weight excluding hydrogens is 474 g/mol. The minimum Gasteiger partial charge on any atom is -0.870 e. The van der Waals surface area contributed by atoms with Crippen molar-refractivity contribution in [3.8, 4) is 0 Å². The van der Waals surface area contributed by atoms with Gasteiger partial charge in [-0.3, -0.25) is 0 Å². The molecule has 1 atom stereocenters. The van der Waals surface area contributed by atoms with Crippen LogP contribution in [0.3, 0.4) is 0 Å². The Kier molecular flexibility index (Phi) is 35.9. The molecule has 0 aliphatic rings. The van der Waals surface area contributed by atoms with Crippen LogP contribution < -0.4 is 4.90 Å². The molecule has 0 radical (unpaired) electrons. The summed E-state index contributed by atoms with van der Waals surface area (Å²) in [5, 5.41) is 0. The van der Waals surface area contributed by atoms with Crippen molar-refractivity contribution in [2.75, 3.05) is 7.05 Å². The Hall–Kier alpha value is -0.0800. The van der Waals surface area contributed by atoms with Crippen LogP contribution in [-0.2, 0) is 0 Å². The summed E-state index contributed by atoms with van der Waals surface area (Å²) in [6.45, 7) is 9.45. The van der Waals surface area contributed by atoms with E-state index >= 15 is 0 Å². The lowest BCUT2D eigenvalue weighted by Gasteiger charge is -2.28. The van der Waals surface area contributed by atoms with E-state index in [-0.39, 0.29) is 5.48 Å². The predicted molar refractivity (Wildman–Crippen MR) is 178 cm³/mol. The van der Waals surface area contributed by atoms with Crippen molar-refractivity contribution in [3.63, 3.8) is 0 Å². The van der Waals surface area contributed by atoms with E-state index in [1.165, 1.54) is 193 Å². The van der Waals surface area contributed by atoms with Gasteiger partial charge in [-0.1, -0.05) is 181 Å². The van der Waals surface area contributed by atoms with E-state index in [1.807, 2.05) is 0 Å². The first kappa shape index (κ1) is 41.1. The molecule has 0 fully saturated rings. The maximum absolute atomic E-state index is 2.46. The molecule has 0 aromatic carbocycles. The molecule has 0 saturated heterocycles.